The van der Waals surface area contributed by atoms with Gasteiger partial charge in [0.15, 0.2) is 8.32 Å². The summed E-state index contributed by atoms with van der Waals surface area (Å²) in [6, 6.07) is 17.7. The van der Waals surface area contributed by atoms with Crippen LogP contribution in [0.2, 0.25) is 18.1 Å². The molecule has 0 aliphatic heterocycles. The Morgan fingerprint density at radius 2 is 1.22 bits per heavy atom. The predicted octanol–water partition coefficient (Wildman–Crippen LogP) is 9.31. The standard InChI is InChI=1S/C34H56O2Si/c1-11-34(12-2,31-20-17-29(22-23-35)27(7)25-31)30-19-16-28(26(6)24-30)18-21-32(33(8,9)10)36-37(13-3,14-4)15-5/h16-17,19-20,24-25,32,35H,11-15,18,21-23H2,1-10H3. The molecule has 0 radical (unpaired) electrons. The van der Waals surface area contributed by atoms with E-state index in [0.717, 1.165) is 32.1 Å². The van der Waals surface area contributed by atoms with Gasteiger partial charge in [-0.1, -0.05) is 91.8 Å². The van der Waals surface area contributed by atoms with Crippen LogP contribution in [0, 0.1) is 19.3 Å². The first-order valence-electron chi connectivity index (χ1n) is 14.9. The van der Waals surface area contributed by atoms with Crippen molar-refractivity contribution in [3.8, 4) is 0 Å². The van der Waals surface area contributed by atoms with Crippen LogP contribution in [-0.2, 0) is 22.7 Å². The molecule has 0 saturated heterocycles. The van der Waals surface area contributed by atoms with Crippen LogP contribution in [0.3, 0.4) is 0 Å². The van der Waals surface area contributed by atoms with Crippen molar-refractivity contribution in [1.82, 2.24) is 0 Å². The maximum absolute atomic E-state index is 9.41. The van der Waals surface area contributed by atoms with Gasteiger partial charge >= 0.3 is 0 Å². The van der Waals surface area contributed by atoms with Gasteiger partial charge < -0.3 is 9.53 Å². The minimum absolute atomic E-state index is 0.0113. The lowest BCUT2D eigenvalue weighted by Gasteiger charge is -2.40. The Labute approximate surface area is 230 Å². The van der Waals surface area contributed by atoms with Gasteiger partial charge in [-0.2, -0.15) is 0 Å². The summed E-state index contributed by atoms with van der Waals surface area (Å²) in [7, 11) is -1.65. The summed E-state index contributed by atoms with van der Waals surface area (Å²) >= 11 is 0. The van der Waals surface area contributed by atoms with E-state index in [1.807, 2.05) is 0 Å². The average molecular weight is 525 g/mol. The first kappa shape index (κ1) is 31.8. The number of aliphatic hydroxyl groups excluding tert-OH is 1. The number of aryl methyl sites for hydroxylation is 3. The fourth-order valence-corrected chi connectivity index (χ4v) is 9.23. The molecule has 3 heteroatoms. The fraction of sp³-hybridized carbons (Fsp3) is 0.647. The van der Waals surface area contributed by atoms with Crippen molar-refractivity contribution in [2.75, 3.05) is 6.61 Å². The third-order valence-electron chi connectivity index (χ3n) is 9.35. The van der Waals surface area contributed by atoms with Crippen LogP contribution in [-0.4, -0.2) is 26.1 Å². The Bertz CT molecular complexity index is 972. The van der Waals surface area contributed by atoms with E-state index in [2.05, 4.69) is 106 Å². The van der Waals surface area contributed by atoms with Crippen LogP contribution in [0.25, 0.3) is 0 Å². The Balaban J connectivity index is 2.34. The quantitative estimate of drug-likeness (QED) is 0.249. The van der Waals surface area contributed by atoms with Crippen molar-refractivity contribution in [3.63, 3.8) is 0 Å². The number of rotatable bonds is 14. The molecule has 0 heterocycles. The maximum Gasteiger partial charge on any atom is 0.192 e. The van der Waals surface area contributed by atoms with Gasteiger partial charge in [-0.3, -0.25) is 0 Å². The number of hydrogen-bond donors (Lipinski definition) is 1. The zero-order valence-corrected chi connectivity index (χ0v) is 26.8. The van der Waals surface area contributed by atoms with Gasteiger partial charge in [0, 0.05) is 12.0 Å². The molecular weight excluding hydrogens is 468 g/mol. The van der Waals surface area contributed by atoms with Crippen LogP contribution in [0.15, 0.2) is 36.4 Å². The summed E-state index contributed by atoms with van der Waals surface area (Å²) in [6.45, 7) is 23.3. The lowest BCUT2D eigenvalue weighted by atomic mass is 9.69. The Kier molecular flexibility index (Phi) is 11.7. The van der Waals surface area contributed by atoms with E-state index in [-0.39, 0.29) is 17.4 Å². The Hall–Kier alpha value is -1.42. The molecule has 0 amide bonds. The van der Waals surface area contributed by atoms with Gasteiger partial charge in [0.25, 0.3) is 0 Å². The number of hydrogen-bond acceptors (Lipinski definition) is 2. The normalized spacial score (nSPS) is 13.7. The molecule has 2 rings (SSSR count). The molecule has 0 bridgehead atoms. The zero-order valence-electron chi connectivity index (χ0n) is 25.8. The first-order valence-corrected chi connectivity index (χ1v) is 17.5. The molecule has 2 aromatic carbocycles. The van der Waals surface area contributed by atoms with Crippen molar-refractivity contribution < 1.29 is 9.53 Å². The molecule has 0 aliphatic rings. The maximum atomic E-state index is 9.41. The van der Waals surface area contributed by atoms with E-state index in [1.54, 1.807) is 0 Å². The average Bonchev–Trinajstić information content (AvgIpc) is 2.87. The molecule has 0 aromatic heterocycles. The van der Waals surface area contributed by atoms with Crippen LogP contribution in [0.1, 0.15) is 108 Å². The van der Waals surface area contributed by atoms with E-state index < -0.39 is 8.32 Å². The molecule has 0 spiro atoms. The second-order valence-corrected chi connectivity index (χ2v) is 17.0. The van der Waals surface area contributed by atoms with E-state index in [9.17, 15) is 5.11 Å². The summed E-state index contributed by atoms with van der Waals surface area (Å²) in [5, 5.41) is 9.41. The molecule has 2 aromatic rings. The second-order valence-electron chi connectivity index (χ2n) is 12.3. The minimum Gasteiger partial charge on any atom is -0.413 e. The van der Waals surface area contributed by atoms with Gasteiger partial charge in [-0.25, -0.2) is 0 Å². The summed E-state index contributed by atoms with van der Waals surface area (Å²) in [6.07, 6.45) is 5.30. The largest absolute Gasteiger partial charge is 0.413 e. The highest BCUT2D eigenvalue weighted by atomic mass is 28.4. The first-order chi connectivity index (χ1) is 17.5. The van der Waals surface area contributed by atoms with Crippen LogP contribution < -0.4 is 0 Å². The molecule has 0 aliphatic carbocycles. The van der Waals surface area contributed by atoms with Crippen molar-refractivity contribution in [3.05, 3.63) is 69.8 Å². The molecule has 208 valence electrons. The molecule has 2 nitrogen and oxygen atoms in total. The van der Waals surface area contributed by atoms with E-state index in [1.165, 1.54) is 51.5 Å². The zero-order chi connectivity index (χ0) is 27.9. The molecule has 1 N–H and O–H groups in total. The van der Waals surface area contributed by atoms with Crippen molar-refractivity contribution in [2.24, 2.45) is 5.41 Å². The smallest absolute Gasteiger partial charge is 0.192 e. The second kappa shape index (κ2) is 13.6. The molecule has 0 saturated carbocycles. The highest BCUT2D eigenvalue weighted by Crippen LogP contribution is 2.40. The van der Waals surface area contributed by atoms with Gasteiger partial charge in [0.05, 0.1) is 6.10 Å². The van der Waals surface area contributed by atoms with E-state index >= 15 is 0 Å². The molecular formula is C34H56O2Si. The van der Waals surface area contributed by atoms with Crippen LogP contribution in [0.5, 0.6) is 0 Å². The van der Waals surface area contributed by atoms with Gasteiger partial charge in [0.2, 0.25) is 0 Å². The van der Waals surface area contributed by atoms with Crippen molar-refractivity contribution in [2.45, 2.75) is 131 Å². The third kappa shape index (κ3) is 7.37. The van der Waals surface area contributed by atoms with Gasteiger partial charge in [0.1, 0.15) is 0 Å². The number of aliphatic hydroxyl groups is 1. The molecule has 1 atom stereocenters. The third-order valence-corrected chi connectivity index (χ3v) is 14.0. The molecule has 1 unspecified atom stereocenters. The summed E-state index contributed by atoms with van der Waals surface area (Å²) < 4.78 is 7.04. The Morgan fingerprint density at radius 1 is 0.757 bits per heavy atom. The highest BCUT2D eigenvalue weighted by Gasteiger charge is 2.36. The fourth-order valence-electron chi connectivity index (χ4n) is 6.16. The van der Waals surface area contributed by atoms with E-state index in [0.29, 0.717) is 6.10 Å². The van der Waals surface area contributed by atoms with Gasteiger partial charge in [-0.15, -0.1) is 0 Å². The monoisotopic (exact) mass is 524 g/mol. The van der Waals surface area contributed by atoms with Crippen molar-refractivity contribution in [1.29, 1.82) is 0 Å². The summed E-state index contributed by atoms with van der Waals surface area (Å²) in [5.41, 5.74) is 8.35. The lowest BCUT2D eigenvalue weighted by Crippen LogP contribution is -2.44. The minimum atomic E-state index is -1.65. The summed E-state index contributed by atoms with van der Waals surface area (Å²) in [5.74, 6) is 0. The lowest BCUT2D eigenvalue weighted by molar-refractivity contribution is 0.0683. The van der Waals surface area contributed by atoms with Crippen molar-refractivity contribution >= 4 is 8.32 Å². The van der Waals surface area contributed by atoms with Crippen LogP contribution >= 0.6 is 0 Å². The SMILES string of the molecule is CCC(CC)(c1ccc(CCO)c(C)c1)c1ccc(CCC(O[Si](CC)(CC)CC)C(C)(C)C)c(C)c1. The highest BCUT2D eigenvalue weighted by molar-refractivity contribution is 6.73. The molecule has 0 fully saturated rings. The topological polar surface area (TPSA) is 29.5 Å². The predicted molar refractivity (Wildman–Crippen MR) is 164 cm³/mol. The van der Waals surface area contributed by atoms with Gasteiger partial charge in [-0.05, 0) is 103 Å². The molecule has 37 heavy (non-hydrogen) atoms. The van der Waals surface area contributed by atoms with E-state index in [4.69, 9.17) is 4.43 Å². The van der Waals surface area contributed by atoms with Crippen LogP contribution in [0.4, 0.5) is 0 Å². The number of benzene rings is 2. The summed E-state index contributed by atoms with van der Waals surface area (Å²) in [4.78, 5) is 0. The Morgan fingerprint density at radius 3 is 1.57 bits per heavy atom.